The second-order valence-electron chi connectivity index (χ2n) is 5.11. The molecule has 1 aromatic carbocycles. The van der Waals surface area contributed by atoms with Crippen LogP contribution < -0.4 is 10.2 Å². The van der Waals surface area contributed by atoms with Crippen LogP contribution in [0.3, 0.4) is 0 Å². The molecule has 0 heterocycles. The number of amides is 1. The van der Waals surface area contributed by atoms with Crippen molar-refractivity contribution in [1.82, 2.24) is 5.32 Å². The molecule has 0 spiro atoms. The van der Waals surface area contributed by atoms with Gasteiger partial charge >= 0.3 is 0 Å². The van der Waals surface area contributed by atoms with E-state index < -0.39 is 0 Å². The molecule has 0 aliphatic heterocycles. The second kappa shape index (κ2) is 5.72. The number of nitrogens with one attached hydrogen (secondary N) is 2. The third kappa shape index (κ3) is 3.47. The maximum absolute atomic E-state index is 11.8. The van der Waals surface area contributed by atoms with Crippen molar-refractivity contribution in [2.24, 2.45) is 0 Å². The molecular formula is C14H20ClN2O+. The van der Waals surface area contributed by atoms with Gasteiger partial charge in [-0.1, -0.05) is 29.8 Å². The lowest BCUT2D eigenvalue weighted by Crippen LogP contribution is -3.10. The van der Waals surface area contributed by atoms with Crippen molar-refractivity contribution in [2.75, 3.05) is 13.6 Å². The quantitative estimate of drug-likeness (QED) is 0.826. The summed E-state index contributed by atoms with van der Waals surface area (Å²) < 4.78 is 0. The fourth-order valence-corrected chi connectivity index (χ4v) is 2.30. The topological polar surface area (TPSA) is 33.5 Å². The second-order valence-corrected chi connectivity index (χ2v) is 5.52. The number of carbonyl (C=O) groups excluding carboxylic acids is 1. The van der Waals surface area contributed by atoms with E-state index >= 15 is 0 Å². The molecule has 2 N–H and O–H groups in total. The first-order chi connectivity index (χ1) is 8.58. The van der Waals surface area contributed by atoms with E-state index in [2.05, 4.69) is 12.2 Å². The number of carbonyl (C=O) groups is 1. The van der Waals surface area contributed by atoms with Gasteiger partial charge in [-0.3, -0.25) is 4.79 Å². The molecule has 98 valence electrons. The SMILES string of the molecule is C[C@@H](c1ccccc1Cl)[NH+](C)CC(=O)NC1CC1. The van der Waals surface area contributed by atoms with Gasteiger partial charge in [-0.2, -0.15) is 0 Å². The number of quaternary nitrogens is 1. The minimum Gasteiger partial charge on any atom is -0.348 e. The van der Waals surface area contributed by atoms with Crippen molar-refractivity contribution < 1.29 is 9.69 Å². The molecule has 1 saturated carbocycles. The molecule has 1 aromatic rings. The van der Waals surface area contributed by atoms with Crippen LogP contribution in [-0.4, -0.2) is 25.5 Å². The predicted octanol–water partition coefficient (Wildman–Crippen LogP) is 1.19. The number of halogens is 1. The van der Waals surface area contributed by atoms with Crippen molar-refractivity contribution in [2.45, 2.75) is 31.8 Å². The lowest BCUT2D eigenvalue weighted by Gasteiger charge is -2.22. The van der Waals surface area contributed by atoms with Gasteiger partial charge in [0.1, 0.15) is 6.04 Å². The van der Waals surface area contributed by atoms with E-state index in [4.69, 9.17) is 11.6 Å². The Bertz CT molecular complexity index is 432. The number of likely N-dealkylation sites (N-methyl/N-ethyl adjacent to an activating group) is 1. The molecule has 1 aliphatic rings. The molecule has 0 saturated heterocycles. The molecule has 1 fully saturated rings. The number of benzene rings is 1. The first-order valence-electron chi connectivity index (χ1n) is 6.44. The highest BCUT2D eigenvalue weighted by Crippen LogP contribution is 2.20. The van der Waals surface area contributed by atoms with E-state index in [0.29, 0.717) is 12.6 Å². The zero-order valence-corrected chi connectivity index (χ0v) is 11.6. The first kappa shape index (κ1) is 13.4. The maximum Gasteiger partial charge on any atom is 0.275 e. The first-order valence-corrected chi connectivity index (χ1v) is 6.82. The Hall–Kier alpha value is -1.06. The van der Waals surface area contributed by atoms with Crippen LogP contribution in [0, 0.1) is 0 Å². The van der Waals surface area contributed by atoms with Crippen molar-refractivity contribution in [3.8, 4) is 0 Å². The van der Waals surface area contributed by atoms with E-state index in [1.807, 2.05) is 31.3 Å². The lowest BCUT2D eigenvalue weighted by molar-refractivity contribution is -0.902. The van der Waals surface area contributed by atoms with Crippen LogP contribution in [0.2, 0.25) is 5.02 Å². The van der Waals surface area contributed by atoms with Crippen LogP contribution >= 0.6 is 11.6 Å². The Kier molecular flexibility index (Phi) is 4.25. The molecular weight excluding hydrogens is 248 g/mol. The molecule has 1 unspecified atom stereocenters. The molecule has 0 radical (unpaired) electrons. The normalized spacial score (nSPS) is 18.2. The maximum atomic E-state index is 11.8. The summed E-state index contributed by atoms with van der Waals surface area (Å²) in [5, 5.41) is 3.78. The molecule has 1 amide bonds. The summed E-state index contributed by atoms with van der Waals surface area (Å²) in [5.41, 5.74) is 1.09. The van der Waals surface area contributed by atoms with Crippen LogP contribution in [0.4, 0.5) is 0 Å². The average molecular weight is 268 g/mol. The zero-order chi connectivity index (χ0) is 13.1. The van der Waals surface area contributed by atoms with Gasteiger partial charge in [-0.15, -0.1) is 0 Å². The van der Waals surface area contributed by atoms with Gasteiger partial charge < -0.3 is 10.2 Å². The highest BCUT2D eigenvalue weighted by molar-refractivity contribution is 6.31. The molecule has 3 nitrogen and oxygen atoms in total. The van der Waals surface area contributed by atoms with Crippen LogP contribution in [0.1, 0.15) is 31.4 Å². The average Bonchev–Trinajstić information content (AvgIpc) is 3.12. The molecule has 1 aliphatic carbocycles. The van der Waals surface area contributed by atoms with Crippen molar-refractivity contribution in [3.63, 3.8) is 0 Å². The van der Waals surface area contributed by atoms with Gasteiger partial charge in [0.2, 0.25) is 0 Å². The smallest absolute Gasteiger partial charge is 0.275 e. The fourth-order valence-electron chi connectivity index (χ4n) is 2.00. The van der Waals surface area contributed by atoms with Gasteiger partial charge in [0, 0.05) is 16.6 Å². The summed E-state index contributed by atoms with van der Waals surface area (Å²) in [7, 11) is 2.03. The summed E-state index contributed by atoms with van der Waals surface area (Å²) in [6, 6.07) is 8.47. The van der Waals surface area contributed by atoms with Crippen LogP contribution in [0.5, 0.6) is 0 Å². The fraction of sp³-hybridized carbons (Fsp3) is 0.500. The van der Waals surface area contributed by atoms with Crippen LogP contribution in [0.25, 0.3) is 0 Å². The summed E-state index contributed by atoms with van der Waals surface area (Å²) in [5.74, 6) is 0.133. The van der Waals surface area contributed by atoms with E-state index in [-0.39, 0.29) is 11.9 Å². The number of hydrogen-bond donors (Lipinski definition) is 2. The van der Waals surface area contributed by atoms with E-state index in [0.717, 1.165) is 28.3 Å². The molecule has 2 rings (SSSR count). The summed E-state index contributed by atoms with van der Waals surface area (Å²) in [4.78, 5) is 12.9. The summed E-state index contributed by atoms with van der Waals surface area (Å²) in [6.45, 7) is 2.59. The minimum absolute atomic E-state index is 0.133. The third-order valence-corrected chi connectivity index (χ3v) is 3.84. The molecule has 18 heavy (non-hydrogen) atoms. The third-order valence-electron chi connectivity index (χ3n) is 3.49. The van der Waals surface area contributed by atoms with E-state index in [1.54, 1.807) is 0 Å². The Balaban J connectivity index is 1.93. The monoisotopic (exact) mass is 267 g/mol. The Morgan fingerprint density at radius 3 is 2.78 bits per heavy atom. The van der Waals surface area contributed by atoms with Crippen LogP contribution in [0.15, 0.2) is 24.3 Å². The standard InChI is InChI=1S/C14H19ClN2O/c1-10(12-5-3-4-6-13(12)15)17(2)9-14(18)16-11-7-8-11/h3-6,10-11H,7-9H2,1-2H3,(H,16,18)/p+1/t10-/m0/s1. The highest BCUT2D eigenvalue weighted by Gasteiger charge is 2.26. The van der Waals surface area contributed by atoms with Gasteiger partial charge in [-0.25, -0.2) is 0 Å². The van der Waals surface area contributed by atoms with Gasteiger partial charge in [-0.05, 0) is 25.8 Å². The van der Waals surface area contributed by atoms with Crippen molar-refractivity contribution in [1.29, 1.82) is 0 Å². The Morgan fingerprint density at radius 1 is 1.50 bits per heavy atom. The van der Waals surface area contributed by atoms with Crippen LogP contribution in [-0.2, 0) is 4.79 Å². The van der Waals surface area contributed by atoms with Crippen molar-refractivity contribution in [3.05, 3.63) is 34.9 Å². The molecule has 4 heteroatoms. The van der Waals surface area contributed by atoms with Gasteiger partial charge in [0.25, 0.3) is 5.91 Å². The van der Waals surface area contributed by atoms with Gasteiger partial charge in [0.05, 0.1) is 7.05 Å². The summed E-state index contributed by atoms with van der Waals surface area (Å²) >= 11 is 6.18. The number of hydrogen-bond acceptors (Lipinski definition) is 1. The van der Waals surface area contributed by atoms with Crippen molar-refractivity contribution >= 4 is 17.5 Å². The minimum atomic E-state index is 0.133. The van der Waals surface area contributed by atoms with E-state index in [9.17, 15) is 4.79 Å². The Labute approximate surface area is 113 Å². The molecule has 0 aromatic heterocycles. The summed E-state index contributed by atoms with van der Waals surface area (Å²) in [6.07, 6.45) is 2.26. The molecule has 2 atom stereocenters. The zero-order valence-electron chi connectivity index (χ0n) is 10.9. The Morgan fingerprint density at radius 2 is 2.17 bits per heavy atom. The molecule has 0 bridgehead atoms. The van der Waals surface area contributed by atoms with E-state index in [1.165, 1.54) is 0 Å². The largest absolute Gasteiger partial charge is 0.348 e. The number of rotatable bonds is 5. The predicted molar refractivity (Wildman–Crippen MR) is 72.8 cm³/mol. The van der Waals surface area contributed by atoms with Gasteiger partial charge in [0.15, 0.2) is 6.54 Å². The lowest BCUT2D eigenvalue weighted by atomic mass is 10.1. The highest BCUT2D eigenvalue weighted by atomic mass is 35.5.